The van der Waals surface area contributed by atoms with Crippen molar-refractivity contribution in [2.24, 2.45) is 11.8 Å². The summed E-state index contributed by atoms with van der Waals surface area (Å²) >= 11 is 11.8. The Morgan fingerprint density at radius 3 is 2.29 bits per heavy atom. The number of ether oxygens (including phenoxy) is 1. The number of hydrogen-bond donors (Lipinski definition) is 0. The molecule has 0 spiro atoms. The Morgan fingerprint density at radius 2 is 1.71 bits per heavy atom. The van der Waals surface area contributed by atoms with Crippen LogP contribution < -0.4 is 0 Å². The monoisotopic (exact) mass is 327 g/mol. The number of ketones is 1. The zero-order chi connectivity index (χ0) is 15.0. The van der Waals surface area contributed by atoms with Crippen molar-refractivity contribution in [3.63, 3.8) is 0 Å². The Kier molecular flexibility index (Phi) is 4.09. The molecule has 1 aromatic carbocycles. The molecule has 0 bridgehead atoms. The molecule has 2 aliphatic rings. The van der Waals surface area contributed by atoms with Crippen LogP contribution in [0.15, 0.2) is 18.2 Å². The van der Waals surface area contributed by atoms with Gasteiger partial charge >= 0.3 is 6.09 Å². The number of amides is 1. The minimum Gasteiger partial charge on any atom is -0.445 e. The maximum absolute atomic E-state index is 12.1. The SMILES string of the molecule is O=C1CC2CN(C(=O)OCc3cc(Cl)cc(Cl)c3)CC2C1. The van der Waals surface area contributed by atoms with Crippen molar-refractivity contribution in [3.05, 3.63) is 33.8 Å². The third kappa shape index (κ3) is 3.33. The van der Waals surface area contributed by atoms with E-state index >= 15 is 0 Å². The lowest BCUT2D eigenvalue weighted by Crippen LogP contribution is -2.30. The Hall–Kier alpha value is -1.26. The molecule has 1 aliphatic heterocycles. The van der Waals surface area contributed by atoms with Crippen LogP contribution in [0.5, 0.6) is 0 Å². The Bertz CT molecular complexity index is 554. The van der Waals surface area contributed by atoms with Gasteiger partial charge in [-0.3, -0.25) is 4.79 Å². The Balaban J connectivity index is 1.54. The van der Waals surface area contributed by atoms with Crippen LogP contribution in [0.2, 0.25) is 10.0 Å². The molecule has 0 N–H and O–H groups in total. The summed E-state index contributed by atoms with van der Waals surface area (Å²) in [5.41, 5.74) is 0.760. The Morgan fingerprint density at radius 1 is 1.14 bits per heavy atom. The minimum atomic E-state index is -0.340. The molecule has 2 atom stereocenters. The van der Waals surface area contributed by atoms with Crippen molar-refractivity contribution in [2.45, 2.75) is 19.4 Å². The van der Waals surface area contributed by atoms with E-state index in [0.717, 1.165) is 5.56 Å². The fraction of sp³-hybridized carbons (Fsp3) is 0.467. The average molecular weight is 328 g/mol. The van der Waals surface area contributed by atoms with Crippen molar-refractivity contribution in [3.8, 4) is 0 Å². The maximum atomic E-state index is 12.1. The summed E-state index contributed by atoms with van der Waals surface area (Å²) in [7, 11) is 0. The van der Waals surface area contributed by atoms with Crippen molar-refractivity contribution in [1.82, 2.24) is 4.90 Å². The molecular weight excluding hydrogens is 313 g/mol. The third-order valence-corrected chi connectivity index (χ3v) is 4.54. The largest absolute Gasteiger partial charge is 0.445 e. The summed E-state index contributed by atoms with van der Waals surface area (Å²) in [6, 6.07) is 5.07. The van der Waals surface area contributed by atoms with Gasteiger partial charge in [0, 0.05) is 36.0 Å². The first-order valence-electron chi connectivity index (χ1n) is 6.89. The lowest BCUT2D eigenvalue weighted by atomic mass is 10.0. The number of hydrogen-bond acceptors (Lipinski definition) is 3. The summed E-state index contributed by atoms with van der Waals surface area (Å²) in [6.07, 6.45) is 0.851. The second-order valence-corrected chi connectivity index (χ2v) is 6.58. The van der Waals surface area contributed by atoms with Crippen LogP contribution in [0.4, 0.5) is 4.79 Å². The molecule has 1 saturated heterocycles. The highest BCUT2D eigenvalue weighted by atomic mass is 35.5. The van der Waals surface area contributed by atoms with Gasteiger partial charge in [0.15, 0.2) is 0 Å². The normalized spacial score (nSPS) is 24.3. The van der Waals surface area contributed by atoms with Gasteiger partial charge in [0.2, 0.25) is 0 Å². The molecule has 2 unspecified atom stereocenters. The molecule has 1 amide bonds. The van der Waals surface area contributed by atoms with Crippen LogP contribution in [-0.4, -0.2) is 29.9 Å². The van der Waals surface area contributed by atoms with Gasteiger partial charge < -0.3 is 9.64 Å². The number of likely N-dealkylation sites (tertiary alicyclic amines) is 1. The van der Waals surface area contributed by atoms with Crippen LogP contribution in [0, 0.1) is 11.8 Å². The molecule has 1 aromatic rings. The highest BCUT2D eigenvalue weighted by Crippen LogP contribution is 2.36. The lowest BCUT2D eigenvalue weighted by Gasteiger charge is -2.17. The minimum absolute atomic E-state index is 0.143. The summed E-state index contributed by atoms with van der Waals surface area (Å²) < 4.78 is 5.30. The zero-order valence-corrected chi connectivity index (χ0v) is 12.9. The number of Topliss-reactive ketones (excluding diaryl/α,β-unsaturated/α-hetero) is 1. The summed E-state index contributed by atoms with van der Waals surface area (Å²) in [5.74, 6) is 0.933. The van der Waals surface area contributed by atoms with E-state index in [0.29, 0.717) is 53.6 Å². The number of halogens is 2. The number of rotatable bonds is 2. The number of fused-ring (bicyclic) bond motifs is 1. The van der Waals surface area contributed by atoms with E-state index in [1.54, 1.807) is 23.1 Å². The third-order valence-electron chi connectivity index (χ3n) is 4.10. The first kappa shape index (κ1) is 14.7. The van der Waals surface area contributed by atoms with Crippen LogP contribution >= 0.6 is 23.2 Å². The predicted octanol–water partition coefficient (Wildman–Crippen LogP) is 3.54. The van der Waals surface area contributed by atoms with Gasteiger partial charge in [0.05, 0.1) is 0 Å². The molecule has 0 aromatic heterocycles. The van der Waals surface area contributed by atoms with Crippen molar-refractivity contribution < 1.29 is 14.3 Å². The highest BCUT2D eigenvalue weighted by molar-refractivity contribution is 6.34. The quantitative estimate of drug-likeness (QED) is 0.834. The zero-order valence-electron chi connectivity index (χ0n) is 11.4. The van der Waals surface area contributed by atoms with E-state index in [9.17, 15) is 9.59 Å². The number of carbonyl (C=O) groups is 2. The fourth-order valence-corrected chi connectivity index (χ4v) is 3.72. The lowest BCUT2D eigenvalue weighted by molar-refractivity contribution is -0.118. The van der Waals surface area contributed by atoms with E-state index in [1.165, 1.54) is 0 Å². The van der Waals surface area contributed by atoms with Crippen LogP contribution in [0.1, 0.15) is 18.4 Å². The van der Waals surface area contributed by atoms with Crippen molar-refractivity contribution in [2.75, 3.05) is 13.1 Å². The van der Waals surface area contributed by atoms with Gasteiger partial charge in [0.25, 0.3) is 0 Å². The second-order valence-electron chi connectivity index (χ2n) is 5.70. The molecule has 1 aliphatic carbocycles. The molecule has 0 radical (unpaired) electrons. The molecule has 1 saturated carbocycles. The fourth-order valence-electron chi connectivity index (χ4n) is 3.15. The molecular formula is C15H15Cl2NO3. The van der Waals surface area contributed by atoms with Crippen LogP contribution in [0.3, 0.4) is 0 Å². The van der Waals surface area contributed by atoms with Gasteiger partial charge in [0.1, 0.15) is 12.4 Å². The molecule has 4 nitrogen and oxygen atoms in total. The molecule has 3 rings (SSSR count). The van der Waals surface area contributed by atoms with E-state index in [4.69, 9.17) is 27.9 Å². The van der Waals surface area contributed by atoms with Crippen LogP contribution in [0.25, 0.3) is 0 Å². The van der Waals surface area contributed by atoms with Gasteiger partial charge in [-0.15, -0.1) is 0 Å². The summed E-state index contributed by atoms with van der Waals surface area (Å²) in [5, 5.41) is 1.03. The summed E-state index contributed by atoms with van der Waals surface area (Å²) in [6.45, 7) is 1.38. The van der Waals surface area contributed by atoms with E-state index < -0.39 is 0 Å². The molecule has 112 valence electrons. The predicted molar refractivity (Wildman–Crippen MR) is 79.4 cm³/mol. The van der Waals surface area contributed by atoms with Gasteiger partial charge in [-0.05, 0) is 35.6 Å². The first-order chi connectivity index (χ1) is 10.0. The van der Waals surface area contributed by atoms with Gasteiger partial charge in [-0.25, -0.2) is 4.79 Å². The maximum Gasteiger partial charge on any atom is 0.410 e. The highest BCUT2D eigenvalue weighted by Gasteiger charge is 2.42. The molecule has 6 heteroatoms. The standard InChI is InChI=1S/C15H15Cl2NO3/c16-12-1-9(2-13(17)5-12)8-21-15(20)18-6-10-3-14(19)4-11(10)7-18/h1-2,5,10-11H,3-4,6-8H2. The number of carbonyl (C=O) groups excluding carboxylic acids is 2. The topological polar surface area (TPSA) is 46.6 Å². The van der Waals surface area contributed by atoms with Gasteiger partial charge in [-0.2, -0.15) is 0 Å². The smallest absolute Gasteiger partial charge is 0.410 e. The van der Waals surface area contributed by atoms with Crippen molar-refractivity contribution >= 4 is 35.1 Å². The molecule has 21 heavy (non-hydrogen) atoms. The molecule has 1 heterocycles. The summed E-state index contributed by atoms with van der Waals surface area (Å²) in [4.78, 5) is 25.1. The Labute approximate surface area is 133 Å². The first-order valence-corrected chi connectivity index (χ1v) is 7.65. The number of nitrogens with zero attached hydrogens (tertiary/aromatic N) is 1. The van der Waals surface area contributed by atoms with E-state index in [2.05, 4.69) is 0 Å². The van der Waals surface area contributed by atoms with Gasteiger partial charge in [-0.1, -0.05) is 23.2 Å². The van der Waals surface area contributed by atoms with E-state index in [-0.39, 0.29) is 12.7 Å². The second kappa shape index (κ2) is 5.85. The average Bonchev–Trinajstić information content (AvgIpc) is 2.92. The van der Waals surface area contributed by atoms with Crippen molar-refractivity contribution in [1.29, 1.82) is 0 Å². The number of benzene rings is 1. The molecule has 2 fully saturated rings. The van der Waals surface area contributed by atoms with Crippen LogP contribution in [-0.2, 0) is 16.1 Å². The van der Waals surface area contributed by atoms with E-state index in [1.807, 2.05) is 0 Å².